The number of imidazole rings is 1. The molecule has 0 saturated carbocycles. The highest BCUT2D eigenvalue weighted by Crippen LogP contribution is 2.24. The molecule has 1 fully saturated rings. The molecule has 182 valence electrons. The number of anilines is 1. The van der Waals surface area contributed by atoms with Crippen LogP contribution in [0.2, 0.25) is 0 Å². The van der Waals surface area contributed by atoms with Crippen molar-refractivity contribution in [3.8, 4) is 16.9 Å². The molecule has 2 heterocycles. The Balaban J connectivity index is 1.39. The van der Waals surface area contributed by atoms with Crippen molar-refractivity contribution >= 4 is 17.8 Å². The lowest BCUT2D eigenvalue weighted by Crippen LogP contribution is -2.42. The number of ether oxygens (including phenoxy) is 1. The maximum Gasteiger partial charge on any atom is 0.254 e. The van der Waals surface area contributed by atoms with Gasteiger partial charge in [0, 0.05) is 36.2 Å². The maximum absolute atomic E-state index is 13.3. The highest BCUT2D eigenvalue weighted by Gasteiger charge is 2.26. The van der Waals surface area contributed by atoms with E-state index in [4.69, 9.17) is 9.72 Å². The lowest BCUT2D eigenvalue weighted by molar-refractivity contribution is -0.117. The number of nitrogens with zero attached hydrogens (tertiary/aromatic N) is 3. The monoisotopic (exact) mass is 480 g/mol. The number of hydrogen-bond acceptors (Lipinski definition) is 4. The summed E-state index contributed by atoms with van der Waals surface area (Å²) in [5.74, 6) is -0.119. The van der Waals surface area contributed by atoms with Crippen LogP contribution in [0.5, 0.6) is 0 Å². The van der Waals surface area contributed by atoms with Gasteiger partial charge in [-0.2, -0.15) is 0 Å². The van der Waals surface area contributed by atoms with Gasteiger partial charge in [-0.3, -0.25) is 19.5 Å². The Hall–Kier alpha value is -4.23. The minimum absolute atomic E-state index is 0.0681. The fraction of sp³-hybridized carbons (Fsp3) is 0.207. The normalized spacial score (nSPS) is 14.9. The fourth-order valence-electron chi connectivity index (χ4n) is 4.36. The lowest BCUT2D eigenvalue weighted by atomic mass is 10.1. The quantitative estimate of drug-likeness (QED) is 0.393. The topological polar surface area (TPSA) is 76.5 Å². The van der Waals surface area contributed by atoms with Crippen LogP contribution in [-0.2, 0) is 9.53 Å². The molecular weight excluding hydrogens is 452 g/mol. The van der Waals surface area contributed by atoms with Crippen LogP contribution in [0.3, 0.4) is 0 Å². The van der Waals surface area contributed by atoms with Crippen LogP contribution in [0.4, 0.5) is 5.95 Å². The molecule has 36 heavy (non-hydrogen) atoms. The fourth-order valence-corrected chi connectivity index (χ4v) is 4.36. The molecular formula is C29H28N4O3. The number of benzene rings is 3. The molecule has 0 radical (unpaired) electrons. The zero-order chi connectivity index (χ0) is 24.7. The van der Waals surface area contributed by atoms with Crippen LogP contribution in [-0.4, -0.2) is 52.1 Å². The molecule has 7 heteroatoms. The summed E-state index contributed by atoms with van der Waals surface area (Å²) in [6.07, 6.45) is 3.67. The van der Waals surface area contributed by atoms with E-state index in [1.165, 1.54) is 0 Å². The summed E-state index contributed by atoms with van der Waals surface area (Å²) >= 11 is 0. The number of hydrogen-bond donors (Lipinski definition) is 1. The number of amides is 2. The molecule has 1 unspecified atom stereocenters. The Labute approximate surface area is 210 Å². The molecule has 4 aromatic rings. The summed E-state index contributed by atoms with van der Waals surface area (Å²) in [7, 11) is 0. The van der Waals surface area contributed by atoms with Crippen LogP contribution < -0.4 is 5.32 Å². The first-order valence-corrected chi connectivity index (χ1v) is 12.1. The number of carbonyl (C=O) groups is 2. The molecule has 1 aliphatic heterocycles. The third kappa shape index (κ3) is 5.53. The van der Waals surface area contributed by atoms with E-state index in [0.717, 1.165) is 29.8 Å². The van der Waals surface area contributed by atoms with Crippen molar-refractivity contribution < 1.29 is 14.3 Å². The summed E-state index contributed by atoms with van der Waals surface area (Å²) in [6.45, 7) is 0.945. The van der Waals surface area contributed by atoms with Gasteiger partial charge in [-0.25, -0.2) is 4.98 Å². The number of carbonyl (C=O) groups excluding carboxylic acids is 2. The van der Waals surface area contributed by atoms with Gasteiger partial charge in [-0.1, -0.05) is 66.7 Å². The second-order valence-corrected chi connectivity index (χ2v) is 8.76. The first kappa shape index (κ1) is 23.5. The molecule has 1 N–H and O–H groups in total. The van der Waals surface area contributed by atoms with Crippen molar-refractivity contribution in [3.63, 3.8) is 0 Å². The van der Waals surface area contributed by atoms with Gasteiger partial charge in [0.15, 0.2) is 0 Å². The lowest BCUT2D eigenvalue weighted by Gasteiger charge is -2.25. The van der Waals surface area contributed by atoms with E-state index in [0.29, 0.717) is 24.7 Å². The third-order valence-electron chi connectivity index (χ3n) is 6.15. The van der Waals surface area contributed by atoms with Crippen LogP contribution in [0.25, 0.3) is 16.9 Å². The average Bonchev–Trinajstić information content (AvgIpc) is 3.60. The van der Waals surface area contributed by atoms with E-state index in [-0.39, 0.29) is 24.5 Å². The summed E-state index contributed by atoms with van der Waals surface area (Å²) in [5.41, 5.74) is 3.10. The minimum Gasteiger partial charge on any atom is -0.376 e. The highest BCUT2D eigenvalue weighted by atomic mass is 16.5. The van der Waals surface area contributed by atoms with E-state index < -0.39 is 0 Å². The molecule has 1 saturated heterocycles. The second-order valence-electron chi connectivity index (χ2n) is 8.76. The minimum atomic E-state index is -0.320. The van der Waals surface area contributed by atoms with Gasteiger partial charge >= 0.3 is 0 Å². The molecule has 0 aliphatic carbocycles. The summed E-state index contributed by atoms with van der Waals surface area (Å²) < 4.78 is 7.61. The van der Waals surface area contributed by atoms with Gasteiger partial charge in [0.1, 0.15) is 6.54 Å². The molecule has 1 aromatic heterocycles. The molecule has 1 atom stereocenters. The van der Waals surface area contributed by atoms with Crippen LogP contribution >= 0.6 is 0 Å². The summed E-state index contributed by atoms with van der Waals surface area (Å²) in [4.78, 5) is 32.8. The summed E-state index contributed by atoms with van der Waals surface area (Å²) in [6, 6.07) is 28.5. The molecule has 1 aliphatic rings. The SMILES string of the molecule is O=C(CN(CC1CCCO1)C(=O)c1ccccc1)Nc1nc(-c2ccccc2)cn1-c1ccccc1. The van der Waals surface area contributed by atoms with Gasteiger partial charge in [-0.15, -0.1) is 0 Å². The van der Waals surface area contributed by atoms with Gasteiger partial charge in [-0.05, 0) is 37.1 Å². The predicted octanol–water partition coefficient (Wildman–Crippen LogP) is 4.80. The van der Waals surface area contributed by atoms with E-state index >= 15 is 0 Å². The Morgan fingerprint density at radius 2 is 1.61 bits per heavy atom. The molecule has 5 rings (SSSR count). The number of aromatic nitrogens is 2. The third-order valence-corrected chi connectivity index (χ3v) is 6.15. The van der Waals surface area contributed by atoms with Crippen molar-refractivity contribution in [1.29, 1.82) is 0 Å². The zero-order valence-electron chi connectivity index (χ0n) is 19.9. The molecule has 0 spiro atoms. The second kappa shape index (κ2) is 11.0. The number of rotatable bonds is 8. The van der Waals surface area contributed by atoms with Crippen molar-refractivity contribution in [2.45, 2.75) is 18.9 Å². The predicted molar refractivity (Wildman–Crippen MR) is 139 cm³/mol. The Bertz CT molecular complexity index is 1300. The van der Waals surface area contributed by atoms with Crippen molar-refractivity contribution in [2.75, 3.05) is 25.0 Å². The van der Waals surface area contributed by atoms with Crippen LogP contribution in [0, 0.1) is 0 Å². The van der Waals surface area contributed by atoms with E-state index in [2.05, 4.69) is 5.32 Å². The van der Waals surface area contributed by atoms with E-state index in [1.807, 2.05) is 89.6 Å². The van der Waals surface area contributed by atoms with Crippen molar-refractivity contribution in [1.82, 2.24) is 14.5 Å². The Morgan fingerprint density at radius 1 is 0.944 bits per heavy atom. The molecule has 7 nitrogen and oxygen atoms in total. The van der Waals surface area contributed by atoms with Gasteiger partial charge in [0.05, 0.1) is 11.8 Å². The maximum atomic E-state index is 13.3. The molecule has 3 aromatic carbocycles. The van der Waals surface area contributed by atoms with Crippen molar-refractivity contribution in [3.05, 3.63) is 103 Å². The van der Waals surface area contributed by atoms with Crippen LogP contribution in [0.15, 0.2) is 97.2 Å². The Kier molecular flexibility index (Phi) is 7.19. The first-order valence-electron chi connectivity index (χ1n) is 12.1. The van der Waals surface area contributed by atoms with Crippen LogP contribution in [0.1, 0.15) is 23.2 Å². The van der Waals surface area contributed by atoms with Gasteiger partial charge < -0.3 is 9.64 Å². The molecule has 2 amide bonds. The van der Waals surface area contributed by atoms with E-state index in [1.54, 1.807) is 17.0 Å². The van der Waals surface area contributed by atoms with E-state index in [9.17, 15) is 9.59 Å². The summed E-state index contributed by atoms with van der Waals surface area (Å²) in [5, 5.41) is 2.94. The number of para-hydroxylation sites is 1. The zero-order valence-corrected chi connectivity index (χ0v) is 19.9. The molecule has 0 bridgehead atoms. The first-order chi connectivity index (χ1) is 17.7. The number of nitrogens with one attached hydrogen (secondary N) is 1. The highest BCUT2D eigenvalue weighted by molar-refractivity contribution is 5.99. The van der Waals surface area contributed by atoms with Gasteiger partial charge in [0.25, 0.3) is 5.91 Å². The van der Waals surface area contributed by atoms with Gasteiger partial charge in [0.2, 0.25) is 11.9 Å². The standard InChI is InChI=1S/C29H28N4O3/c34-27(21-32(19-25-17-10-18-36-25)28(35)23-13-6-2-7-14-23)31-29-30-26(22-11-4-1-5-12-22)20-33(29)24-15-8-3-9-16-24/h1-9,11-16,20,25H,10,17-19,21H2,(H,30,31,34). The smallest absolute Gasteiger partial charge is 0.254 e. The van der Waals surface area contributed by atoms with Crippen molar-refractivity contribution in [2.24, 2.45) is 0 Å². The largest absolute Gasteiger partial charge is 0.376 e. The Morgan fingerprint density at radius 3 is 2.28 bits per heavy atom. The average molecular weight is 481 g/mol.